The monoisotopic (exact) mass is 359 g/mol. The fourth-order valence-electron chi connectivity index (χ4n) is 3.80. The third-order valence-electron chi connectivity index (χ3n) is 5.39. The molecule has 0 aromatic heterocycles. The first-order chi connectivity index (χ1) is 12.7. The molecule has 1 aromatic carbocycles. The van der Waals surface area contributed by atoms with E-state index in [2.05, 4.69) is 5.32 Å². The predicted molar refractivity (Wildman–Crippen MR) is 100 cm³/mol. The molecular weight excluding hydrogens is 330 g/mol. The molecule has 3 amide bonds. The van der Waals surface area contributed by atoms with E-state index in [-0.39, 0.29) is 11.9 Å². The van der Waals surface area contributed by atoms with Gasteiger partial charge in [0, 0.05) is 37.8 Å². The second-order valence-corrected chi connectivity index (χ2v) is 7.14. The average molecular weight is 359 g/mol. The summed E-state index contributed by atoms with van der Waals surface area (Å²) >= 11 is 0. The van der Waals surface area contributed by atoms with Gasteiger partial charge in [0.2, 0.25) is 5.91 Å². The van der Waals surface area contributed by atoms with Crippen molar-refractivity contribution >= 4 is 11.9 Å². The van der Waals surface area contributed by atoms with Gasteiger partial charge in [0.15, 0.2) is 0 Å². The lowest BCUT2D eigenvalue weighted by Crippen LogP contribution is -2.55. The van der Waals surface area contributed by atoms with Crippen LogP contribution in [0.1, 0.15) is 37.7 Å². The summed E-state index contributed by atoms with van der Waals surface area (Å²) in [5.74, 6) is 0.827. The highest BCUT2D eigenvalue weighted by Gasteiger charge is 2.26. The van der Waals surface area contributed by atoms with Crippen molar-refractivity contribution < 1.29 is 14.3 Å². The first-order valence-electron chi connectivity index (χ1n) is 9.62. The van der Waals surface area contributed by atoms with Crippen molar-refractivity contribution in [1.82, 2.24) is 15.1 Å². The molecular formula is C20H29N3O3. The van der Waals surface area contributed by atoms with E-state index in [9.17, 15) is 9.59 Å². The van der Waals surface area contributed by atoms with Crippen LogP contribution in [0.4, 0.5) is 4.79 Å². The SMILES string of the molecule is COc1ccccc1CC(=O)N1CCN(C(=O)NC2CCCCC2)CC1. The van der Waals surface area contributed by atoms with Crippen molar-refractivity contribution in [1.29, 1.82) is 0 Å². The molecule has 1 heterocycles. The minimum Gasteiger partial charge on any atom is -0.496 e. The maximum atomic E-state index is 12.6. The van der Waals surface area contributed by atoms with E-state index in [1.807, 2.05) is 34.1 Å². The molecule has 0 atom stereocenters. The van der Waals surface area contributed by atoms with Crippen molar-refractivity contribution in [3.8, 4) is 5.75 Å². The van der Waals surface area contributed by atoms with Gasteiger partial charge in [0.25, 0.3) is 0 Å². The Labute approximate surface area is 155 Å². The average Bonchev–Trinajstić information content (AvgIpc) is 2.69. The number of carbonyl (C=O) groups excluding carboxylic acids is 2. The van der Waals surface area contributed by atoms with Gasteiger partial charge in [-0.05, 0) is 18.9 Å². The van der Waals surface area contributed by atoms with Gasteiger partial charge in [-0.2, -0.15) is 0 Å². The summed E-state index contributed by atoms with van der Waals surface area (Å²) in [6.45, 7) is 2.37. The van der Waals surface area contributed by atoms with Crippen LogP contribution in [-0.4, -0.2) is 61.1 Å². The summed E-state index contributed by atoms with van der Waals surface area (Å²) in [5, 5.41) is 3.15. The molecule has 6 nitrogen and oxygen atoms in total. The van der Waals surface area contributed by atoms with Gasteiger partial charge < -0.3 is 19.9 Å². The number of nitrogens with one attached hydrogen (secondary N) is 1. The van der Waals surface area contributed by atoms with Crippen LogP contribution in [0, 0.1) is 0 Å². The van der Waals surface area contributed by atoms with Gasteiger partial charge in [0.1, 0.15) is 5.75 Å². The summed E-state index contributed by atoms with van der Waals surface area (Å²) in [6.07, 6.45) is 6.19. The van der Waals surface area contributed by atoms with E-state index in [1.165, 1.54) is 19.3 Å². The minimum absolute atomic E-state index is 0.0220. The number of benzene rings is 1. The molecule has 1 saturated heterocycles. The number of carbonyl (C=O) groups is 2. The topological polar surface area (TPSA) is 61.9 Å². The Bertz CT molecular complexity index is 620. The largest absolute Gasteiger partial charge is 0.496 e. The summed E-state index contributed by atoms with van der Waals surface area (Å²) in [6, 6.07) is 7.95. The summed E-state index contributed by atoms with van der Waals surface area (Å²) in [5.41, 5.74) is 0.900. The molecule has 26 heavy (non-hydrogen) atoms. The number of ether oxygens (including phenoxy) is 1. The van der Waals surface area contributed by atoms with Gasteiger partial charge >= 0.3 is 6.03 Å². The fraction of sp³-hybridized carbons (Fsp3) is 0.600. The standard InChI is InChI=1S/C20H29N3O3/c1-26-18-10-6-5-7-16(18)15-19(24)22-11-13-23(14-12-22)20(25)21-17-8-3-2-4-9-17/h5-7,10,17H,2-4,8-9,11-15H2,1H3,(H,21,25). The highest BCUT2D eigenvalue weighted by molar-refractivity contribution is 5.80. The van der Waals surface area contributed by atoms with Crippen molar-refractivity contribution in [3.05, 3.63) is 29.8 Å². The lowest BCUT2D eigenvalue weighted by molar-refractivity contribution is -0.131. The molecule has 0 radical (unpaired) electrons. The molecule has 1 aliphatic carbocycles. The zero-order valence-electron chi connectivity index (χ0n) is 15.6. The van der Waals surface area contributed by atoms with Crippen LogP contribution in [0.15, 0.2) is 24.3 Å². The normalized spacial score (nSPS) is 18.5. The molecule has 6 heteroatoms. The highest BCUT2D eigenvalue weighted by atomic mass is 16.5. The molecule has 2 aliphatic rings. The Kier molecular flexibility index (Phi) is 6.36. The van der Waals surface area contributed by atoms with Gasteiger partial charge in [-0.25, -0.2) is 4.79 Å². The Balaban J connectivity index is 1.46. The second-order valence-electron chi connectivity index (χ2n) is 7.14. The van der Waals surface area contributed by atoms with Crippen LogP contribution in [0.25, 0.3) is 0 Å². The first kappa shape index (κ1) is 18.5. The third kappa shape index (κ3) is 4.68. The van der Waals surface area contributed by atoms with Crippen LogP contribution in [-0.2, 0) is 11.2 Å². The Morgan fingerprint density at radius 1 is 1.04 bits per heavy atom. The van der Waals surface area contributed by atoms with Crippen molar-refractivity contribution in [3.63, 3.8) is 0 Å². The quantitative estimate of drug-likeness (QED) is 0.898. The molecule has 1 aliphatic heterocycles. The summed E-state index contributed by atoms with van der Waals surface area (Å²) in [4.78, 5) is 28.7. The Hall–Kier alpha value is -2.24. The van der Waals surface area contributed by atoms with Crippen molar-refractivity contribution in [2.75, 3.05) is 33.3 Å². The molecule has 0 unspecified atom stereocenters. The van der Waals surface area contributed by atoms with Crippen LogP contribution >= 0.6 is 0 Å². The third-order valence-corrected chi connectivity index (χ3v) is 5.39. The maximum absolute atomic E-state index is 12.6. The van der Waals surface area contributed by atoms with E-state index in [0.29, 0.717) is 38.6 Å². The number of urea groups is 1. The van der Waals surface area contributed by atoms with E-state index < -0.39 is 0 Å². The number of amides is 3. The van der Waals surface area contributed by atoms with E-state index in [4.69, 9.17) is 4.74 Å². The Morgan fingerprint density at radius 3 is 2.38 bits per heavy atom. The van der Waals surface area contributed by atoms with Crippen molar-refractivity contribution in [2.45, 2.75) is 44.6 Å². The zero-order chi connectivity index (χ0) is 18.4. The van der Waals surface area contributed by atoms with Crippen LogP contribution in [0.5, 0.6) is 5.75 Å². The number of hydrogen-bond acceptors (Lipinski definition) is 3. The van der Waals surface area contributed by atoms with E-state index >= 15 is 0 Å². The van der Waals surface area contributed by atoms with Gasteiger partial charge in [-0.3, -0.25) is 4.79 Å². The van der Waals surface area contributed by atoms with Gasteiger partial charge in [-0.15, -0.1) is 0 Å². The summed E-state index contributed by atoms with van der Waals surface area (Å²) < 4.78 is 5.32. The van der Waals surface area contributed by atoms with Crippen molar-refractivity contribution in [2.24, 2.45) is 0 Å². The summed E-state index contributed by atoms with van der Waals surface area (Å²) in [7, 11) is 1.62. The molecule has 1 saturated carbocycles. The van der Waals surface area contributed by atoms with Crippen LogP contribution in [0.3, 0.4) is 0 Å². The fourth-order valence-corrected chi connectivity index (χ4v) is 3.80. The maximum Gasteiger partial charge on any atom is 0.317 e. The number of methoxy groups -OCH3 is 1. The molecule has 0 bridgehead atoms. The first-order valence-corrected chi connectivity index (χ1v) is 9.62. The van der Waals surface area contributed by atoms with Gasteiger partial charge in [-0.1, -0.05) is 37.5 Å². The molecule has 2 fully saturated rings. The number of rotatable bonds is 4. The van der Waals surface area contributed by atoms with Crippen LogP contribution < -0.4 is 10.1 Å². The molecule has 1 N–H and O–H groups in total. The van der Waals surface area contributed by atoms with Gasteiger partial charge in [0.05, 0.1) is 13.5 Å². The van der Waals surface area contributed by atoms with Crippen LogP contribution in [0.2, 0.25) is 0 Å². The minimum atomic E-state index is 0.0220. The number of nitrogens with zero attached hydrogens (tertiary/aromatic N) is 2. The second kappa shape index (κ2) is 8.92. The number of piperazine rings is 1. The lowest BCUT2D eigenvalue weighted by Gasteiger charge is -2.36. The van der Waals surface area contributed by atoms with E-state index in [0.717, 1.165) is 24.2 Å². The molecule has 0 spiro atoms. The lowest BCUT2D eigenvalue weighted by atomic mass is 9.96. The highest BCUT2D eigenvalue weighted by Crippen LogP contribution is 2.20. The predicted octanol–water partition coefficient (Wildman–Crippen LogP) is 2.42. The number of hydrogen-bond donors (Lipinski definition) is 1. The number of para-hydroxylation sites is 1. The smallest absolute Gasteiger partial charge is 0.317 e. The Morgan fingerprint density at radius 2 is 1.69 bits per heavy atom. The zero-order valence-corrected chi connectivity index (χ0v) is 15.6. The van der Waals surface area contributed by atoms with E-state index in [1.54, 1.807) is 7.11 Å². The molecule has 3 rings (SSSR count). The molecule has 142 valence electrons. The molecule has 1 aromatic rings.